The Morgan fingerprint density at radius 2 is 1.70 bits per heavy atom. The van der Waals surface area contributed by atoms with E-state index in [1.54, 1.807) is 0 Å². The van der Waals surface area contributed by atoms with Crippen molar-refractivity contribution in [2.24, 2.45) is 16.8 Å². The van der Waals surface area contributed by atoms with Crippen molar-refractivity contribution >= 4 is 16.8 Å². The Morgan fingerprint density at radius 3 is 2.48 bits per heavy atom. The first-order chi connectivity index (χ1) is 13.0. The molecule has 3 aromatic carbocycles. The van der Waals surface area contributed by atoms with Gasteiger partial charge in [-0.3, -0.25) is 4.99 Å². The van der Waals surface area contributed by atoms with E-state index >= 15 is 0 Å². The highest BCUT2D eigenvalue weighted by atomic mass is 14.8. The van der Waals surface area contributed by atoms with Crippen LogP contribution in [0, 0.1) is 11.8 Å². The third-order valence-corrected chi connectivity index (χ3v) is 6.55. The van der Waals surface area contributed by atoms with Crippen molar-refractivity contribution in [3.63, 3.8) is 0 Å². The maximum absolute atomic E-state index is 5.32. The fourth-order valence-electron chi connectivity index (χ4n) is 5.22. The van der Waals surface area contributed by atoms with Crippen molar-refractivity contribution < 1.29 is 0 Å². The Kier molecular flexibility index (Phi) is 3.59. The van der Waals surface area contributed by atoms with Crippen molar-refractivity contribution in [2.75, 3.05) is 0 Å². The lowest BCUT2D eigenvalue weighted by Gasteiger charge is -2.43. The summed E-state index contributed by atoms with van der Waals surface area (Å²) in [4.78, 5) is 5.32. The first kappa shape index (κ1) is 16.7. The highest BCUT2D eigenvalue weighted by Crippen LogP contribution is 2.51. The van der Waals surface area contributed by atoms with Crippen LogP contribution in [-0.2, 0) is 11.8 Å². The van der Waals surface area contributed by atoms with Crippen LogP contribution in [-0.4, -0.2) is 0 Å². The molecule has 5 rings (SSSR count). The second-order valence-corrected chi connectivity index (χ2v) is 9.19. The molecular weight excluding hydrogens is 326 g/mol. The zero-order valence-electron chi connectivity index (χ0n) is 16.7. The summed E-state index contributed by atoms with van der Waals surface area (Å²) in [5, 5.41) is 5.30. The minimum atomic E-state index is 0.0602. The SMILES string of the molecule is CC(C)Cc1cccc2c1=CC1C(N=2)c2cccc3cccc(c23)C1(C)C. The normalized spacial score (nSPS) is 22.0. The molecule has 1 aliphatic carbocycles. The zero-order valence-corrected chi connectivity index (χ0v) is 16.7. The average molecular weight is 354 g/mol. The van der Waals surface area contributed by atoms with Crippen LogP contribution >= 0.6 is 0 Å². The number of hydrogen-bond acceptors (Lipinski definition) is 1. The molecule has 0 saturated carbocycles. The largest absolute Gasteiger partial charge is 0.276 e. The molecule has 1 heteroatoms. The van der Waals surface area contributed by atoms with Gasteiger partial charge in [-0.1, -0.05) is 82.3 Å². The van der Waals surface area contributed by atoms with Crippen LogP contribution < -0.4 is 10.6 Å². The van der Waals surface area contributed by atoms with Crippen LogP contribution in [0.15, 0.2) is 59.6 Å². The van der Waals surface area contributed by atoms with E-state index in [0.717, 1.165) is 6.42 Å². The smallest absolute Gasteiger partial charge is 0.0833 e. The summed E-state index contributed by atoms with van der Waals surface area (Å²) in [5.74, 6) is 1.04. The van der Waals surface area contributed by atoms with Gasteiger partial charge in [0, 0.05) is 5.92 Å². The summed E-state index contributed by atoms with van der Waals surface area (Å²) in [6.07, 6.45) is 3.65. The molecular formula is C26H27N. The molecule has 2 atom stereocenters. The zero-order chi connectivity index (χ0) is 18.8. The van der Waals surface area contributed by atoms with Crippen LogP contribution in [0.25, 0.3) is 16.8 Å². The van der Waals surface area contributed by atoms with Gasteiger partial charge < -0.3 is 0 Å². The first-order valence-electron chi connectivity index (χ1n) is 10.2. The second kappa shape index (κ2) is 5.79. The van der Waals surface area contributed by atoms with Gasteiger partial charge in [0.1, 0.15) is 0 Å². The summed E-state index contributed by atoms with van der Waals surface area (Å²) >= 11 is 0. The number of rotatable bonds is 2. The first-order valence-corrected chi connectivity index (χ1v) is 10.2. The summed E-state index contributed by atoms with van der Waals surface area (Å²) in [7, 11) is 0. The van der Waals surface area contributed by atoms with E-state index in [-0.39, 0.29) is 11.5 Å². The van der Waals surface area contributed by atoms with E-state index in [0.29, 0.717) is 11.8 Å². The molecule has 0 fully saturated rings. The molecule has 0 bridgehead atoms. The Morgan fingerprint density at radius 1 is 0.963 bits per heavy atom. The summed E-state index contributed by atoms with van der Waals surface area (Å²) < 4.78 is 0. The Bertz CT molecular complexity index is 1160. The molecule has 0 saturated heterocycles. The van der Waals surface area contributed by atoms with Crippen LogP contribution in [0.5, 0.6) is 0 Å². The van der Waals surface area contributed by atoms with Gasteiger partial charge in [-0.15, -0.1) is 0 Å². The molecule has 1 heterocycles. The van der Waals surface area contributed by atoms with Crippen molar-refractivity contribution in [1.29, 1.82) is 0 Å². The van der Waals surface area contributed by atoms with E-state index in [4.69, 9.17) is 4.99 Å². The van der Waals surface area contributed by atoms with Gasteiger partial charge in [-0.2, -0.15) is 0 Å². The summed E-state index contributed by atoms with van der Waals surface area (Å²) in [5.41, 5.74) is 4.36. The molecule has 0 N–H and O–H groups in total. The number of fused-ring (bicyclic) bond motifs is 3. The van der Waals surface area contributed by atoms with E-state index < -0.39 is 0 Å². The van der Waals surface area contributed by atoms with Gasteiger partial charge in [0.25, 0.3) is 0 Å². The van der Waals surface area contributed by atoms with Crippen molar-refractivity contribution in [3.8, 4) is 0 Å². The highest BCUT2D eigenvalue weighted by molar-refractivity contribution is 5.91. The minimum Gasteiger partial charge on any atom is -0.276 e. The molecule has 0 radical (unpaired) electrons. The Balaban J connectivity index is 1.83. The maximum atomic E-state index is 5.32. The molecule has 0 aromatic heterocycles. The van der Waals surface area contributed by atoms with Crippen LogP contribution in [0.4, 0.5) is 0 Å². The van der Waals surface area contributed by atoms with E-state index in [1.165, 1.54) is 38.0 Å². The fourth-order valence-corrected chi connectivity index (χ4v) is 5.22. The van der Waals surface area contributed by atoms with Crippen molar-refractivity contribution in [3.05, 3.63) is 81.9 Å². The molecule has 0 amide bonds. The lowest BCUT2D eigenvalue weighted by atomic mass is 9.62. The molecule has 2 unspecified atom stereocenters. The van der Waals surface area contributed by atoms with Gasteiger partial charge >= 0.3 is 0 Å². The third kappa shape index (κ3) is 2.41. The van der Waals surface area contributed by atoms with Crippen LogP contribution in [0.2, 0.25) is 0 Å². The summed E-state index contributed by atoms with van der Waals surface area (Å²) in [6.45, 7) is 9.39. The third-order valence-electron chi connectivity index (χ3n) is 6.55. The lowest BCUT2D eigenvalue weighted by Crippen LogP contribution is -2.43. The van der Waals surface area contributed by atoms with Crippen LogP contribution in [0.1, 0.15) is 50.4 Å². The molecule has 136 valence electrons. The topological polar surface area (TPSA) is 12.4 Å². The van der Waals surface area contributed by atoms with E-state index in [9.17, 15) is 0 Å². The predicted molar refractivity (Wildman–Crippen MR) is 113 cm³/mol. The number of hydrogen-bond donors (Lipinski definition) is 0. The van der Waals surface area contributed by atoms with Gasteiger partial charge in [-0.05, 0) is 56.5 Å². The highest BCUT2D eigenvalue weighted by Gasteiger charge is 2.43. The van der Waals surface area contributed by atoms with Gasteiger partial charge in [0.15, 0.2) is 0 Å². The van der Waals surface area contributed by atoms with Gasteiger partial charge in [0.05, 0.1) is 11.4 Å². The molecule has 3 aromatic rings. The van der Waals surface area contributed by atoms with Crippen molar-refractivity contribution in [2.45, 2.75) is 45.6 Å². The Labute approximate surface area is 161 Å². The summed E-state index contributed by atoms with van der Waals surface area (Å²) in [6, 6.07) is 20.4. The number of benzene rings is 3. The average Bonchev–Trinajstić information content (AvgIpc) is 2.65. The molecule has 1 aliphatic heterocycles. The second-order valence-electron chi connectivity index (χ2n) is 9.19. The molecule has 1 nitrogen and oxygen atoms in total. The monoisotopic (exact) mass is 353 g/mol. The molecule has 0 spiro atoms. The van der Waals surface area contributed by atoms with Gasteiger partial charge in [0.2, 0.25) is 0 Å². The predicted octanol–water partition coefficient (Wildman–Crippen LogP) is 5.10. The van der Waals surface area contributed by atoms with Crippen LogP contribution in [0.3, 0.4) is 0 Å². The maximum Gasteiger partial charge on any atom is 0.0833 e. The fraction of sp³-hybridized carbons (Fsp3) is 0.346. The van der Waals surface area contributed by atoms with E-state index in [2.05, 4.69) is 88.4 Å². The molecule has 2 aliphatic rings. The number of nitrogens with zero attached hydrogens (tertiary/aromatic N) is 1. The molecule has 27 heavy (non-hydrogen) atoms. The Hall–Kier alpha value is -2.41. The van der Waals surface area contributed by atoms with Gasteiger partial charge in [-0.25, -0.2) is 0 Å². The van der Waals surface area contributed by atoms with Crippen molar-refractivity contribution in [1.82, 2.24) is 0 Å². The van der Waals surface area contributed by atoms with E-state index in [1.807, 2.05) is 0 Å². The minimum absolute atomic E-state index is 0.0602. The lowest BCUT2D eigenvalue weighted by molar-refractivity contribution is 0.334. The standard InChI is InChI=1S/C26H27N/c1-16(2)14-18-10-7-13-23-20(18)15-22-25(27-23)19-11-5-8-17-9-6-12-21(24(17)19)26(22,3)4/h5-13,15-16,22,25H,14H2,1-4H3. The quantitative estimate of drug-likeness (QED) is 0.608.